The molecular weight excluding hydrogens is 248 g/mol. The van der Waals surface area contributed by atoms with Crippen molar-refractivity contribution in [3.05, 3.63) is 0 Å². The minimum Gasteiger partial charge on any atom is -0.480 e. The Balaban J connectivity index is 4.74. The molecule has 0 aromatic rings. The van der Waals surface area contributed by atoms with Crippen LogP contribution in [0.5, 0.6) is 0 Å². The van der Waals surface area contributed by atoms with E-state index in [9.17, 15) is 14.4 Å². The highest BCUT2D eigenvalue weighted by atomic mass is 16.4. The Morgan fingerprint density at radius 3 is 2.32 bits per heavy atom. The van der Waals surface area contributed by atoms with Gasteiger partial charge in [-0.05, 0) is 20.9 Å². The average Bonchev–Trinajstić information content (AvgIpc) is 2.33. The molecule has 0 aromatic carbocycles. The van der Waals surface area contributed by atoms with Crippen molar-refractivity contribution >= 4 is 32.7 Å². The van der Waals surface area contributed by atoms with Gasteiger partial charge >= 0.3 is 5.97 Å². The Bertz CT molecular complexity index is 341. The molecule has 106 valence electrons. The van der Waals surface area contributed by atoms with Gasteiger partial charge < -0.3 is 21.0 Å². The monoisotopic (exact) mass is 269 g/mol. The number of hydrogen-bond donors (Lipinski definition) is 4. The third-order valence-electron chi connectivity index (χ3n) is 2.77. The summed E-state index contributed by atoms with van der Waals surface area (Å²) in [5.41, 5.74) is 0. The van der Waals surface area contributed by atoms with E-state index in [-0.39, 0.29) is 18.2 Å². The first kappa shape index (κ1) is 17.7. The number of amides is 1. The number of nitrogens with one attached hydrogen (secondary N) is 3. The van der Waals surface area contributed by atoms with Crippen molar-refractivity contribution in [3.63, 3.8) is 0 Å². The molecule has 7 nitrogen and oxygen atoms in total. The summed E-state index contributed by atoms with van der Waals surface area (Å²) >= 11 is 0. The third kappa shape index (κ3) is 6.40. The van der Waals surface area contributed by atoms with Crippen LogP contribution in [0.25, 0.3) is 0 Å². The Hall–Kier alpha value is -1.34. The molecule has 0 unspecified atom stereocenters. The van der Waals surface area contributed by atoms with Crippen LogP contribution in [0.1, 0.15) is 20.3 Å². The number of likely N-dealkylation sites (N-methyl/N-ethyl adjacent to an activating group) is 1. The van der Waals surface area contributed by atoms with Gasteiger partial charge in [0, 0.05) is 12.5 Å². The molecule has 1 amide bonds. The van der Waals surface area contributed by atoms with Crippen LogP contribution in [0.15, 0.2) is 0 Å². The molecule has 0 rings (SSSR count). The molecule has 9 heteroatoms. The fraction of sp³-hybridized carbons (Fsp3) is 0.700. The number of Topliss-reactive ketones (excluding diaryl/α,β-unsaturated/α-hetero) is 1. The topological polar surface area (TPSA) is 108 Å². The van der Waals surface area contributed by atoms with E-state index in [4.69, 9.17) is 5.11 Å². The Kier molecular flexibility index (Phi) is 8.09. The Labute approximate surface area is 114 Å². The maximum absolute atomic E-state index is 12.0. The summed E-state index contributed by atoms with van der Waals surface area (Å²) in [4.78, 5) is 34.0. The van der Waals surface area contributed by atoms with E-state index in [1.54, 1.807) is 7.05 Å². The van der Waals surface area contributed by atoms with E-state index < -0.39 is 24.0 Å². The normalized spacial score (nSPS) is 15.1. The van der Waals surface area contributed by atoms with Crippen molar-refractivity contribution in [2.24, 2.45) is 0 Å². The van der Waals surface area contributed by atoms with E-state index in [1.807, 2.05) is 14.7 Å². The smallest absolute Gasteiger partial charge is 0.326 e. The molecule has 0 spiro atoms. The molecule has 4 N–H and O–H groups in total. The van der Waals surface area contributed by atoms with Crippen molar-refractivity contribution in [3.8, 4) is 0 Å². The van der Waals surface area contributed by atoms with Crippen LogP contribution in [-0.4, -0.2) is 63.0 Å². The van der Waals surface area contributed by atoms with Crippen LogP contribution < -0.4 is 15.9 Å². The van der Waals surface area contributed by atoms with Crippen LogP contribution in [0.4, 0.5) is 0 Å². The summed E-state index contributed by atoms with van der Waals surface area (Å²) in [6.45, 7) is 3.10. The lowest BCUT2D eigenvalue weighted by molar-refractivity contribution is -0.143. The summed E-state index contributed by atoms with van der Waals surface area (Å²) in [5.74, 6) is -1.93. The van der Waals surface area contributed by atoms with E-state index in [0.29, 0.717) is 7.31 Å². The van der Waals surface area contributed by atoms with E-state index in [1.165, 1.54) is 6.92 Å². The van der Waals surface area contributed by atoms with Gasteiger partial charge in [-0.15, -0.1) is 0 Å². The molecule has 0 saturated heterocycles. The zero-order valence-corrected chi connectivity index (χ0v) is 11.8. The lowest BCUT2D eigenvalue weighted by Gasteiger charge is -2.25. The number of ketones is 1. The predicted octanol–water partition coefficient (Wildman–Crippen LogP) is -3.00. The van der Waals surface area contributed by atoms with E-state index in [2.05, 4.69) is 15.9 Å². The van der Waals surface area contributed by atoms with Gasteiger partial charge in [-0.1, -0.05) is 0 Å². The molecule has 0 aromatic heterocycles. The highest BCUT2D eigenvalue weighted by Crippen LogP contribution is 1.98. The SMILES string of the molecule is BBN[C@H](C(=O)N[C@@H](CC(C)=O)C(=O)O)[C@H](C)NC. The molecule has 0 aliphatic carbocycles. The standard InChI is InChI=1S/C10H21B2N3O4/c1-5(16)4-7(10(18)19)14-9(17)8(15-12-11)6(2)13-3/h6-8,12-13,15H,4,11H2,1-3H3,(H,14,17)(H,18,19)/t6-,7-,8-/m0/s1. The second-order valence-electron chi connectivity index (χ2n) is 4.42. The van der Waals surface area contributed by atoms with Gasteiger partial charge in [-0.3, -0.25) is 9.59 Å². The predicted molar refractivity (Wildman–Crippen MR) is 76.0 cm³/mol. The Morgan fingerprint density at radius 2 is 1.95 bits per heavy atom. The van der Waals surface area contributed by atoms with Crippen molar-refractivity contribution in [2.75, 3.05) is 7.05 Å². The van der Waals surface area contributed by atoms with Gasteiger partial charge in [0.1, 0.15) is 11.8 Å². The van der Waals surface area contributed by atoms with E-state index >= 15 is 0 Å². The molecule has 0 heterocycles. The largest absolute Gasteiger partial charge is 0.480 e. The number of rotatable bonds is 9. The molecule has 0 bridgehead atoms. The van der Waals surface area contributed by atoms with Gasteiger partial charge in [-0.25, -0.2) is 4.79 Å². The molecular formula is C10H21B2N3O4. The summed E-state index contributed by atoms with van der Waals surface area (Å²) in [6.07, 6.45) is -0.214. The number of carboxylic acids is 1. The number of hydrogen-bond acceptors (Lipinski definition) is 5. The van der Waals surface area contributed by atoms with Gasteiger partial charge in [0.15, 0.2) is 7.31 Å². The van der Waals surface area contributed by atoms with Crippen LogP contribution in [-0.2, 0) is 14.4 Å². The molecule has 0 fully saturated rings. The van der Waals surface area contributed by atoms with Crippen molar-refractivity contribution in [1.82, 2.24) is 15.9 Å². The minimum atomic E-state index is -1.21. The summed E-state index contributed by atoms with van der Waals surface area (Å²) in [6, 6.07) is -1.90. The van der Waals surface area contributed by atoms with Crippen LogP contribution in [0.2, 0.25) is 0 Å². The van der Waals surface area contributed by atoms with Crippen LogP contribution >= 0.6 is 0 Å². The van der Waals surface area contributed by atoms with Gasteiger partial charge in [0.2, 0.25) is 5.91 Å². The van der Waals surface area contributed by atoms with Crippen LogP contribution in [0, 0.1) is 0 Å². The zero-order valence-electron chi connectivity index (χ0n) is 11.8. The molecule has 0 radical (unpaired) electrons. The third-order valence-corrected chi connectivity index (χ3v) is 2.77. The first-order valence-electron chi connectivity index (χ1n) is 6.26. The minimum absolute atomic E-state index is 0.160. The lowest BCUT2D eigenvalue weighted by atomic mass is 9.66. The second-order valence-corrected chi connectivity index (χ2v) is 4.42. The summed E-state index contributed by atoms with van der Waals surface area (Å²) in [5, 5.41) is 17.3. The molecule has 0 aliphatic heterocycles. The number of carbonyl (C=O) groups excluding carboxylic acids is 2. The van der Waals surface area contributed by atoms with Crippen molar-refractivity contribution < 1.29 is 19.5 Å². The number of carbonyl (C=O) groups is 3. The van der Waals surface area contributed by atoms with Gasteiger partial charge in [0.05, 0.1) is 13.8 Å². The van der Waals surface area contributed by atoms with Gasteiger partial charge in [-0.2, -0.15) is 0 Å². The fourth-order valence-electron chi connectivity index (χ4n) is 1.63. The summed E-state index contributed by atoms with van der Waals surface area (Å²) < 4.78 is 0. The molecule has 3 atom stereocenters. The average molecular weight is 269 g/mol. The fourth-order valence-corrected chi connectivity index (χ4v) is 1.63. The number of carboxylic acid groups (broad SMARTS) is 1. The van der Waals surface area contributed by atoms with Gasteiger partial charge in [0.25, 0.3) is 0 Å². The maximum Gasteiger partial charge on any atom is 0.326 e. The lowest BCUT2D eigenvalue weighted by Crippen LogP contribution is -2.58. The zero-order chi connectivity index (χ0) is 15.0. The molecule has 0 aliphatic rings. The second kappa shape index (κ2) is 8.71. The molecule has 19 heavy (non-hydrogen) atoms. The van der Waals surface area contributed by atoms with Crippen LogP contribution in [0.3, 0.4) is 0 Å². The maximum atomic E-state index is 12.0. The highest BCUT2D eigenvalue weighted by Gasteiger charge is 2.28. The molecule has 0 saturated carbocycles. The van der Waals surface area contributed by atoms with E-state index in [0.717, 1.165) is 0 Å². The highest BCUT2D eigenvalue weighted by molar-refractivity contribution is 6.87. The first-order chi connectivity index (χ1) is 8.83. The summed E-state index contributed by atoms with van der Waals surface area (Å²) in [7, 11) is 4.15. The van der Waals surface area contributed by atoms with Crippen molar-refractivity contribution in [2.45, 2.75) is 38.4 Å². The number of aliphatic carboxylic acids is 1. The Morgan fingerprint density at radius 1 is 1.37 bits per heavy atom. The quantitative estimate of drug-likeness (QED) is 0.332. The first-order valence-corrected chi connectivity index (χ1v) is 6.26. The van der Waals surface area contributed by atoms with Crippen molar-refractivity contribution in [1.29, 1.82) is 0 Å².